The average molecular weight is 315 g/mol. The Balaban J connectivity index is 1.89. The van der Waals surface area contributed by atoms with E-state index >= 15 is 0 Å². The van der Waals surface area contributed by atoms with Crippen molar-refractivity contribution in [2.75, 3.05) is 39.3 Å². The van der Waals surface area contributed by atoms with Gasteiger partial charge in [0.15, 0.2) is 0 Å². The van der Waals surface area contributed by atoms with Gasteiger partial charge in [-0.25, -0.2) is 0 Å². The zero-order valence-electron chi connectivity index (χ0n) is 12.3. The summed E-state index contributed by atoms with van der Waals surface area (Å²) in [6.45, 7) is 0.767. The molecule has 2 rings (SSSR count). The predicted molar refractivity (Wildman–Crippen MR) is 77.6 cm³/mol. The maximum absolute atomic E-state index is 12.3. The van der Waals surface area contributed by atoms with Crippen LogP contribution in [0.3, 0.4) is 0 Å². The highest BCUT2D eigenvalue weighted by Crippen LogP contribution is 2.18. The second-order valence-corrected chi connectivity index (χ2v) is 5.42. The standard InChI is InChI=1S/C15H20F3N3O/c16-15(17,18)11-20-7-9-21(10-8-20)14(22)13-3-1-12(2-4-13)5-6-19/h1-4H,5-11,19H2. The van der Waals surface area contributed by atoms with E-state index in [9.17, 15) is 18.0 Å². The van der Waals surface area contributed by atoms with Crippen LogP contribution in [0.5, 0.6) is 0 Å². The van der Waals surface area contributed by atoms with Crippen LogP contribution >= 0.6 is 0 Å². The number of hydrogen-bond acceptors (Lipinski definition) is 3. The SMILES string of the molecule is NCCc1ccc(C(=O)N2CCN(CC(F)(F)F)CC2)cc1. The van der Waals surface area contributed by atoms with Crippen LogP contribution in [0.4, 0.5) is 13.2 Å². The molecule has 1 aliphatic rings. The smallest absolute Gasteiger partial charge is 0.336 e. The number of nitrogens with zero attached hydrogens (tertiary/aromatic N) is 2. The number of carbonyl (C=O) groups is 1. The van der Waals surface area contributed by atoms with Crippen LogP contribution < -0.4 is 5.73 Å². The van der Waals surface area contributed by atoms with Gasteiger partial charge in [-0.3, -0.25) is 9.69 Å². The lowest BCUT2D eigenvalue weighted by atomic mass is 10.1. The van der Waals surface area contributed by atoms with E-state index in [1.807, 2.05) is 12.1 Å². The first kappa shape index (κ1) is 16.8. The first-order chi connectivity index (χ1) is 10.4. The molecule has 0 aliphatic carbocycles. The lowest BCUT2D eigenvalue weighted by Crippen LogP contribution is -2.50. The summed E-state index contributed by atoms with van der Waals surface area (Å²) in [5.74, 6) is -0.133. The van der Waals surface area contributed by atoms with Gasteiger partial charge < -0.3 is 10.6 Å². The molecule has 122 valence electrons. The van der Waals surface area contributed by atoms with Crippen molar-refractivity contribution in [1.82, 2.24) is 9.80 Å². The highest BCUT2D eigenvalue weighted by molar-refractivity contribution is 5.94. The van der Waals surface area contributed by atoms with Crippen molar-refractivity contribution in [2.24, 2.45) is 5.73 Å². The van der Waals surface area contributed by atoms with Crippen LogP contribution in [0.15, 0.2) is 24.3 Å². The molecule has 1 amide bonds. The monoisotopic (exact) mass is 315 g/mol. The van der Waals surface area contributed by atoms with Crippen LogP contribution in [0.1, 0.15) is 15.9 Å². The molecule has 2 N–H and O–H groups in total. The molecule has 22 heavy (non-hydrogen) atoms. The van der Waals surface area contributed by atoms with Crippen LogP contribution in [0, 0.1) is 0 Å². The molecule has 0 saturated carbocycles. The topological polar surface area (TPSA) is 49.6 Å². The van der Waals surface area contributed by atoms with Gasteiger partial charge in [-0.15, -0.1) is 0 Å². The van der Waals surface area contributed by atoms with Gasteiger partial charge in [0.05, 0.1) is 6.54 Å². The number of benzene rings is 1. The van der Waals surface area contributed by atoms with E-state index in [0.29, 0.717) is 25.2 Å². The van der Waals surface area contributed by atoms with Gasteiger partial charge in [0.2, 0.25) is 0 Å². The highest BCUT2D eigenvalue weighted by Gasteiger charge is 2.32. The van der Waals surface area contributed by atoms with E-state index in [-0.39, 0.29) is 19.0 Å². The molecule has 0 bridgehead atoms. The van der Waals surface area contributed by atoms with Crippen LogP contribution in [0.25, 0.3) is 0 Å². The third kappa shape index (κ3) is 4.71. The first-order valence-electron chi connectivity index (χ1n) is 7.26. The molecule has 0 aromatic heterocycles. The van der Waals surface area contributed by atoms with Crippen LogP contribution in [0.2, 0.25) is 0 Å². The number of amides is 1. The van der Waals surface area contributed by atoms with E-state index in [2.05, 4.69) is 0 Å². The third-order valence-electron chi connectivity index (χ3n) is 3.70. The fraction of sp³-hybridized carbons (Fsp3) is 0.533. The molecule has 1 saturated heterocycles. The Kier molecular flexibility index (Phi) is 5.42. The minimum Gasteiger partial charge on any atom is -0.336 e. The van der Waals surface area contributed by atoms with Gasteiger partial charge in [0, 0.05) is 31.7 Å². The summed E-state index contributed by atoms with van der Waals surface area (Å²) in [6.07, 6.45) is -3.43. The summed E-state index contributed by atoms with van der Waals surface area (Å²) in [7, 11) is 0. The Labute approximate surface area is 127 Å². The van der Waals surface area contributed by atoms with Crippen LogP contribution in [-0.2, 0) is 6.42 Å². The number of carbonyl (C=O) groups excluding carboxylic acids is 1. The summed E-state index contributed by atoms with van der Waals surface area (Å²) in [4.78, 5) is 15.3. The van der Waals surface area contributed by atoms with Crippen molar-refractivity contribution in [1.29, 1.82) is 0 Å². The van der Waals surface area contributed by atoms with Gasteiger partial charge in [-0.05, 0) is 30.7 Å². The van der Waals surface area contributed by atoms with Crippen molar-refractivity contribution in [3.8, 4) is 0 Å². The summed E-state index contributed by atoms with van der Waals surface area (Å²) in [6, 6.07) is 7.21. The zero-order chi connectivity index (χ0) is 16.2. The summed E-state index contributed by atoms with van der Waals surface area (Å²) < 4.78 is 37.0. The molecule has 1 aromatic rings. The Morgan fingerprint density at radius 2 is 1.68 bits per heavy atom. The molecule has 0 atom stereocenters. The molecule has 7 heteroatoms. The van der Waals surface area contributed by atoms with Crippen molar-refractivity contribution < 1.29 is 18.0 Å². The zero-order valence-corrected chi connectivity index (χ0v) is 12.3. The summed E-state index contributed by atoms with van der Waals surface area (Å²) >= 11 is 0. The molecule has 1 heterocycles. The minimum absolute atomic E-state index is 0.133. The lowest BCUT2D eigenvalue weighted by molar-refractivity contribution is -0.148. The highest BCUT2D eigenvalue weighted by atomic mass is 19.4. The maximum Gasteiger partial charge on any atom is 0.401 e. The Bertz CT molecular complexity index is 494. The Morgan fingerprint density at radius 3 is 2.18 bits per heavy atom. The van der Waals surface area contributed by atoms with Crippen LogP contribution in [-0.4, -0.2) is 61.2 Å². The molecule has 1 fully saturated rings. The number of piperazine rings is 1. The predicted octanol–water partition coefficient (Wildman–Crippen LogP) is 1.51. The van der Waals surface area contributed by atoms with E-state index in [1.54, 1.807) is 17.0 Å². The van der Waals surface area contributed by atoms with Gasteiger partial charge in [0.25, 0.3) is 5.91 Å². The van der Waals surface area contributed by atoms with E-state index in [4.69, 9.17) is 5.73 Å². The van der Waals surface area contributed by atoms with Gasteiger partial charge in [0.1, 0.15) is 0 Å². The van der Waals surface area contributed by atoms with E-state index < -0.39 is 12.7 Å². The lowest BCUT2D eigenvalue weighted by Gasteiger charge is -2.35. The number of hydrogen-bond donors (Lipinski definition) is 1. The summed E-state index contributed by atoms with van der Waals surface area (Å²) in [5, 5.41) is 0. The Morgan fingerprint density at radius 1 is 1.09 bits per heavy atom. The second kappa shape index (κ2) is 7.11. The molecule has 1 aliphatic heterocycles. The number of alkyl halides is 3. The van der Waals surface area contributed by atoms with E-state index in [1.165, 1.54) is 4.90 Å². The first-order valence-corrected chi connectivity index (χ1v) is 7.26. The maximum atomic E-state index is 12.3. The molecule has 0 spiro atoms. The number of nitrogens with two attached hydrogens (primary N) is 1. The van der Waals surface area contributed by atoms with Crippen molar-refractivity contribution in [3.63, 3.8) is 0 Å². The average Bonchev–Trinajstić information content (AvgIpc) is 2.47. The quantitative estimate of drug-likeness (QED) is 0.916. The second-order valence-electron chi connectivity index (χ2n) is 5.42. The molecular weight excluding hydrogens is 295 g/mol. The largest absolute Gasteiger partial charge is 0.401 e. The van der Waals surface area contributed by atoms with Gasteiger partial charge >= 0.3 is 6.18 Å². The number of rotatable bonds is 4. The molecule has 0 unspecified atom stereocenters. The van der Waals surface area contributed by atoms with Gasteiger partial charge in [-0.2, -0.15) is 13.2 Å². The minimum atomic E-state index is -4.19. The molecule has 1 aromatic carbocycles. The fourth-order valence-electron chi connectivity index (χ4n) is 2.53. The molecular formula is C15H20F3N3O. The van der Waals surface area contributed by atoms with E-state index in [0.717, 1.165) is 12.0 Å². The molecule has 4 nitrogen and oxygen atoms in total. The third-order valence-corrected chi connectivity index (χ3v) is 3.70. The van der Waals surface area contributed by atoms with Crippen molar-refractivity contribution >= 4 is 5.91 Å². The summed E-state index contributed by atoms with van der Waals surface area (Å²) in [5.41, 5.74) is 7.10. The van der Waals surface area contributed by atoms with Gasteiger partial charge in [-0.1, -0.05) is 12.1 Å². The normalized spacial score (nSPS) is 16.8. The van der Waals surface area contributed by atoms with Crippen molar-refractivity contribution in [2.45, 2.75) is 12.6 Å². The molecule has 0 radical (unpaired) electrons. The fourth-order valence-corrected chi connectivity index (χ4v) is 2.53. The van der Waals surface area contributed by atoms with Crippen molar-refractivity contribution in [3.05, 3.63) is 35.4 Å². The number of halogens is 3. The Hall–Kier alpha value is -1.60.